The Morgan fingerprint density at radius 1 is 1.30 bits per heavy atom. The lowest BCUT2D eigenvalue weighted by molar-refractivity contribution is 0.0917. The highest BCUT2D eigenvalue weighted by Gasteiger charge is 2.28. The van der Waals surface area contributed by atoms with Gasteiger partial charge in [-0.05, 0) is 25.0 Å². The number of hydrogen-bond donors (Lipinski definition) is 2. The first-order chi connectivity index (χ1) is 9.79. The summed E-state index contributed by atoms with van der Waals surface area (Å²) in [5.74, 6) is 0.112. The van der Waals surface area contributed by atoms with Crippen molar-refractivity contribution in [2.75, 3.05) is 6.61 Å². The molecular weight excluding hydrogens is 252 g/mol. The molecule has 1 aromatic heterocycles. The minimum atomic E-state index is -0.0750. The number of nitrogens with one attached hydrogen (secondary N) is 1. The third-order valence-corrected chi connectivity index (χ3v) is 4.10. The van der Waals surface area contributed by atoms with Crippen molar-refractivity contribution < 1.29 is 9.90 Å². The molecule has 1 aliphatic carbocycles. The second kappa shape index (κ2) is 5.59. The van der Waals surface area contributed by atoms with Crippen molar-refractivity contribution >= 4 is 16.8 Å². The van der Waals surface area contributed by atoms with E-state index in [4.69, 9.17) is 0 Å². The minimum absolute atomic E-state index is 0.0750. The highest BCUT2D eigenvalue weighted by Crippen LogP contribution is 2.26. The summed E-state index contributed by atoms with van der Waals surface area (Å²) in [6, 6.07) is 9.47. The van der Waals surface area contributed by atoms with Crippen molar-refractivity contribution in [3.8, 4) is 0 Å². The molecule has 2 aromatic rings. The number of carbonyl (C=O) groups excluding carboxylic acids is 1. The van der Waals surface area contributed by atoms with Crippen LogP contribution in [0.25, 0.3) is 10.9 Å². The highest BCUT2D eigenvalue weighted by atomic mass is 16.3. The van der Waals surface area contributed by atoms with E-state index in [-0.39, 0.29) is 24.5 Å². The van der Waals surface area contributed by atoms with E-state index in [1.54, 1.807) is 12.3 Å². The van der Waals surface area contributed by atoms with Crippen molar-refractivity contribution in [2.24, 2.45) is 5.92 Å². The van der Waals surface area contributed by atoms with Crippen molar-refractivity contribution in [1.29, 1.82) is 0 Å². The van der Waals surface area contributed by atoms with Gasteiger partial charge < -0.3 is 10.4 Å². The molecule has 2 N–H and O–H groups in total. The van der Waals surface area contributed by atoms with Crippen molar-refractivity contribution in [3.63, 3.8) is 0 Å². The standard InChI is InChI=1S/C16H18N2O2/c19-10-11-4-3-7-14(11)18-16(20)13-8-9-17-15-6-2-1-5-12(13)15/h1-2,5-6,8-9,11,14,19H,3-4,7,10H2,(H,18,20). The van der Waals surface area contributed by atoms with Crippen LogP contribution in [0, 0.1) is 5.92 Å². The lowest BCUT2D eigenvalue weighted by atomic mass is 10.0. The Morgan fingerprint density at radius 2 is 2.15 bits per heavy atom. The van der Waals surface area contributed by atoms with Crippen molar-refractivity contribution in [2.45, 2.75) is 25.3 Å². The number of aliphatic hydroxyl groups excluding tert-OH is 1. The summed E-state index contributed by atoms with van der Waals surface area (Å²) in [4.78, 5) is 16.7. The second-order valence-corrected chi connectivity index (χ2v) is 5.33. The lowest BCUT2D eigenvalue weighted by Gasteiger charge is -2.19. The summed E-state index contributed by atoms with van der Waals surface area (Å²) in [5, 5.41) is 13.3. The molecule has 1 amide bonds. The zero-order valence-corrected chi connectivity index (χ0v) is 11.2. The van der Waals surface area contributed by atoms with Crippen LogP contribution in [0.5, 0.6) is 0 Å². The number of aromatic nitrogens is 1. The molecule has 0 saturated heterocycles. The van der Waals surface area contributed by atoms with E-state index < -0.39 is 0 Å². The number of carbonyl (C=O) groups is 1. The van der Waals surface area contributed by atoms with Gasteiger partial charge in [-0.2, -0.15) is 0 Å². The first kappa shape index (κ1) is 13.1. The maximum Gasteiger partial charge on any atom is 0.252 e. The van der Waals surface area contributed by atoms with Gasteiger partial charge in [0.25, 0.3) is 5.91 Å². The second-order valence-electron chi connectivity index (χ2n) is 5.33. The average Bonchev–Trinajstić information content (AvgIpc) is 2.93. The number of nitrogens with zero attached hydrogens (tertiary/aromatic N) is 1. The quantitative estimate of drug-likeness (QED) is 0.898. The van der Waals surface area contributed by atoms with Crippen LogP contribution in [0.3, 0.4) is 0 Å². The van der Waals surface area contributed by atoms with Gasteiger partial charge in [0, 0.05) is 30.1 Å². The molecule has 1 heterocycles. The number of para-hydroxylation sites is 1. The molecule has 4 heteroatoms. The monoisotopic (exact) mass is 270 g/mol. The number of benzene rings is 1. The summed E-state index contributed by atoms with van der Waals surface area (Å²) >= 11 is 0. The SMILES string of the molecule is O=C(NC1CCCC1CO)c1ccnc2ccccc12. The van der Waals surface area contributed by atoms with E-state index in [1.807, 2.05) is 24.3 Å². The van der Waals surface area contributed by atoms with Crippen molar-refractivity contribution in [3.05, 3.63) is 42.1 Å². The number of aliphatic hydroxyl groups is 1. The molecule has 2 atom stereocenters. The predicted octanol–water partition coefficient (Wildman–Crippen LogP) is 2.13. The van der Waals surface area contributed by atoms with Gasteiger partial charge >= 0.3 is 0 Å². The zero-order chi connectivity index (χ0) is 13.9. The Bertz CT molecular complexity index is 621. The molecule has 0 aliphatic heterocycles. The molecule has 1 aliphatic rings. The first-order valence-corrected chi connectivity index (χ1v) is 7.05. The van der Waals surface area contributed by atoms with E-state index >= 15 is 0 Å². The molecule has 1 fully saturated rings. The van der Waals surface area contributed by atoms with Crippen LogP contribution in [-0.2, 0) is 0 Å². The van der Waals surface area contributed by atoms with Crippen LogP contribution in [0.4, 0.5) is 0 Å². The molecule has 104 valence electrons. The van der Waals surface area contributed by atoms with E-state index in [0.717, 1.165) is 30.2 Å². The maximum atomic E-state index is 12.5. The number of fused-ring (bicyclic) bond motifs is 1. The summed E-state index contributed by atoms with van der Waals surface area (Å²) in [6.45, 7) is 0.141. The van der Waals surface area contributed by atoms with Crippen LogP contribution in [0.15, 0.2) is 36.5 Å². The topological polar surface area (TPSA) is 62.2 Å². The molecule has 20 heavy (non-hydrogen) atoms. The fraction of sp³-hybridized carbons (Fsp3) is 0.375. The third kappa shape index (κ3) is 2.39. The summed E-state index contributed by atoms with van der Waals surface area (Å²) < 4.78 is 0. The van der Waals surface area contributed by atoms with Gasteiger partial charge in [0.1, 0.15) is 0 Å². The van der Waals surface area contributed by atoms with Gasteiger partial charge in [-0.15, -0.1) is 0 Å². The fourth-order valence-corrected chi connectivity index (χ4v) is 2.99. The molecule has 0 bridgehead atoms. The van der Waals surface area contributed by atoms with Gasteiger partial charge in [-0.25, -0.2) is 0 Å². The normalized spacial score (nSPS) is 22.1. The minimum Gasteiger partial charge on any atom is -0.396 e. The predicted molar refractivity (Wildman–Crippen MR) is 77.4 cm³/mol. The Labute approximate surface area is 117 Å². The Balaban J connectivity index is 1.86. The highest BCUT2D eigenvalue weighted by molar-refractivity contribution is 6.06. The number of pyridine rings is 1. The zero-order valence-electron chi connectivity index (χ0n) is 11.2. The van der Waals surface area contributed by atoms with Crippen LogP contribution in [-0.4, -0.2) is 28.6 Å². The maximum absolute atomic E-state index is 12.5. The van der Waals surface area contributed by atoms with Crippen LogP contribution in [0.1, 0.15) is 29.6 Å². The summed E-state index contributed by atoms with van der Waals surface area (Å²) in [6.07, 6.45) is 4.65. The largest absolute Gasteiger partial charge is 0.396 e. The van der Waals surface area contributed by atoms with Gasteiger partial charge in [-0.1, -0.05) is 24.6 Å². The number of amides is 1. The molecular formula is C16H18N2O2. The number of hydrogen-bond acceptors (Lipinski definition) is 3. The van der Waals surface area contributed by atoms with Crippen LogP contribution >= 0.6 is 0 Å². The van der Waals surface area contributed by atoms with Gasteiger partial charge in [0.05, 0.1) is 11.1 Å². The Kier molecular flexibility index (Phi) is 3.65. The van der Waals surface area contributed by atoms with Crippen molar-refractivity contribution in [1.82, 2.24) is 10.3 Å². The third-order valence-electron chi connectivity index (χ3n) is 4.10. The molecule has 0 radical (unpaired) electrons. The smallest absolute Gasteiger partial charge is 0.252 e. The van der Waals surface area contributed by atoms with E-state index in [2.05, 4.69) is 10.3 Å². The molecule has 3 rings (SSSR count). The van der Waals surface area contributed by atoms with Gasteiger partial charge in [0.15, 0.2) is 0 Å². The summed E-state index contributed by atoms with van der Waals surface area (Å²) in [5.41, 5.74) is 1.48. The molecule has 0 spiro atoms. The Morgan fingerprint density at radius 3 is 3.00 bits per heavy atom. The first-order valence-electron chi connectivity index (χ1n) is 7.05. The molecule has 1 saturated carbocycles. The summed E-state index contributed by atoms with van der Waals surface area (Å²) in [7, 11) is 0. The van der Waals surface area contributed by atoms with E-state index in [0.29, 0.717) is 5.56 Å². The van der Waals surface area contributed by atoms with E-state index in [9.17, 15) is 9.90 Å². The average molecular weight is 270 g/mol. The van der Waals surface area contributed by atoms with Crippen LogP contribution < -0.4 is 5.32 Å². The van der Waals surface area contributed by atoms with Crippen LogP contribution in [0.2, 0.25) is 0 Å². The molecule has 2 unspecified atom stereocenters. The fourth-order valence-electron chi connectivity index (χ4n) is 2.99. The number of rotatable bonds is 3. The van der Waals surface area contributed by atoms with E-state index in [1.165, 1.54) is 0 Å². The lowest BCUT2D eigenvalue weighted by Crippen LogP contribution is -2.38. The molecule has 1 aromatic carbocycles. The molecule has 4 nitrogen and oxygen atoms in total. The van der Waals surface area contributed by atoms with Gasteiger partial charge in [-0.3, -0.25) is 9.78 Å². The van der Waals surface area contributed by atoms with Gasteiger partial charge in [0.2, 0.25) is 0 Å². The Hall–Kier alpha value is -1.94.